The Balaban J connectivity index is 1.73. The summed E-state index contributed by atoms with van der Waals surface area (Å²) in [7, 11) is 1.78. The van der Waals surface area contributed by atoms with Crippen LogP contribution in [0.3, 0.4) is 0 Å². The first-order valence-corrected chi connectivity index (χ1v) is 10.7. The van der Waals surface area contributed by atoms with Crippen LogP contribution in [0, 0.1) is 12.8 Å². The van der Waals surface area contributed by atoms with Crippen LogP contribution in [0.4, 0.5) is 5.69 Å². The summed E-state index contributed by atoms with van der Waals surface area (Å²) in [6.07, 6.45) is 11.3. The molecule has 0 spiro atoms. The Bertz CT molecular complexity index is 968. The molecule has 1 aliphatic heterocycles. The predicted octanol–water partition coefficient (Wildman–Crippen LogP) is 6.21. The molecule has 0 N–H and O–H groups in total. The van der Waals surface area contributed by atoms with Gasteiger partial charge in [-0.25, -0.2) is 0 Å². The molecule has 1 heterocycles. The first kappa shape index (κ1) is 19.8. The summed E-state index contributed by atoms with van der Waals surface area (Å²) < 4.78 is 7.88. The van der Waals surface area contributed by atoms with Gasteiger partial charge in [0.1, 0.15) is 6.61 Å². The second kappa shape index (κ2) is 8.12. The fourth-order valence-electron chi connectivity index (χ4n) is 4.72. The van der Waals surface area contributed by atoms with Crippen LogP contribution >= 0.6 is 0 Å². The van der Waals surface area contributed by atoms with Crippen LogP contribution in [0.5, 0.6) is 0 Å². The first-order valence-electron chi connectivity index (χ1n) is 10.7. The second-order valence-corrected chi connectivity index (χ2v) is 8.63. The average molecular weight is 387 g/mol. The van der Waals surface area contributed by atoms with E-state index >= 15 is 0 Å². The zero-order chi connectivity index (χ0) is 20.4. The molecule has 0 saturated heterocycles. The molecular formula is C27H32NO+. The smallest absolute Gasteiger partial charge is 0.209 e. The molecule has 0 amide bonds. The van der Waals surface area contributed by atoms with Crippen molar-refractivity contribution in [2.24, 2.45) is 5.92 Å². The maximum absolute atomic E-state index is 5.41. The number of ether oxygens (including phenoxy) is 1. The highest BCUT2D eigenvalue weighted by atomic mass is 16.5. The zero-order valence-electron chi connectivity index (χ0n) is 18.1. The van der Waals surface area contributed by atoms with Gasteiger partial charge in [0.2, 0.25) is 5.69 Å². The van der Waals surface area contributed by atoms with Crippen molar-refractivity contribution >= 4 is 11.4 Å². The van der Waals surface area contributed by atoms with Crippen molar-refractivity contribution in [2.75, 3.05) is 20.3 Å². The summed E-state index contributed by atoms with van der Waals surface area (Å²) in [6.45, 7) is 8.51. The van der Waals surface area contributed by atoms with Gasteiger partial charge < -0.3 is 4.74 Å². The standard InChI is InChI=1S/C27H32NO/c1-20-9-11-23(12-10-20)24-13-14-26-25(19-24)27(3,16-15-22-7-5-6-8-22)21(2)28(26)17-18-29-4/h5-14,19,22H,15-18H2,1-4H3/q+1. The van der Waals surface area contributed by atoms with Gasteiger partial charge in [0.05, 0.1) is 5.41 Å². The molecule has 1 unspecified atom stereocenters. The molecule has 0 fully saturated rings. The minimum Gasteiger partial charge on any atom is -0.378 e. The second-order valence-electron chi connectivity index (χ2n) is 8.63. The third-order valence-corrected chi connectivity index (χ3v) is 6.79. The number of methoxy groups -OCH3 is 1. The lowest BCUT2D eigenvalue weighted by atomic mass is 9.74. The number of hydrogen-bond acceptors (Lipinski definition) is 1. The summed E-state index contributed by atoms with van der Waals surface area (Å²) in [5.41, 5.74) is 8.18. The SMILES string of the molecule is COCC[N+]1=C(C)C(C)(CCC2C=CC=C2)c2cc(-c3ccc(C)cc3)ccc21. The van der Waals surface area contributed by atoms with Crippen LogP contribution in [-0.2, 0) is 10.2 Å². The molecule has 2 nitrogen and oxygen atoms in total. The summed E-state index contributed by atoms with van der Waals surface area (Å²) in [6, 6.07) is 15.9. The van der Waals surface area contributed by atoms with Crippen LogP contribution in [-0.4, -0.2) is 30.5 Å². The van der Waals surface area contributed by atoms with Gasteiger partial charge in [-0.1, -0.05) is 54.1 Å². The fraction of sp³-hybridized carbons (Fsp3) is 0.370. The highest BCUT2D eigenvalue weighted by Crippen LogP contribution is 2.45. The van der Waals surface area contributed by atoms with Crippen LogP contribution in [0.15, 0.2) is 66.8 Å². The lowest BCUT2D eigenvalue weighted by Gasteiger charge is -2.24. The predicted molar refractivity (Wildman–Crippen MR) is 122 cm³/mol. The minimum atomic E-state index is 0.0497. The summed E-state index contributed by atoms with van der Waals surface area (Å²) in [4.78, 5) is 0. The van der Waals surface area contributed by atoms with E-state index < -0.39 is 0 Å². The topological polar surface area (TPSA) is 12.2 Å². The number of allylic oxidation sites excluding steroid dienone is 4. The molecule has 0 saturated carbocycles. The van der Waals surface area contributed by atoms with Crippen LogP contribution in [0.1, 0.15) is 37.8 Å². The number of aryl methyl sites for hydroxylation is 1. The zero-order valence-corrected chi connectivity index (χ0v) is 18.1. The maximum Gasteiger partial charge on any atom is 0.209 e. The van der Waals surface area contributed by atoms with E-state index in [2.05, 4.69) is 92.1 Å². The Labute approximate surface area is 175 Å². The van der Waals surface area contributed by atoms with E-state index in [1.165, 1.54) is 40.1 Å². The van der Waals surface area contributed by atoms with Gasteiger partial charge in [0.25, 0.3) is 0 Å². The molecular weight excluding hydrogens is 354 g/mol. The third kappa shape index (κ3) is 3.74. The van der Waals surface area contributed by atoms with E-state index in [4.69, 9.17) is 4.74 Å². The molecule has 0 radical (unpaired) electrons. The molecule has 29 heavy (non-hydrogen) atoms. The van der Waals surface area contributed by atoms with Crippen molar-refractivity contribution < 1.29 is 9.31 Å². The molecule has 2 aromatic rings. The lowest BCUT2D eigenvalue weighted by Crippen LogP contribution is -2.31. The van der Waals surface area contributed by atoms with E-state index in [0.29, 0.717) is 5.92 Å². The van der Waals surface area contributed by atoms with E-state index in [1.807, 2.05) is 0 Å². The Morgan fingerprint density at radius 2 is 1.66 bits per heavy atom. The molecule has 0 bridgehead atoms. The number of fused-ring (bicyclic) bond motifs is 1. The van der Waals surface area contributed by atoms with Crippen LogP contribution < -0.4 is 0 Å². The summed E-state index contributed by atoms with van der Waals surface area (Å²) in [5, 5.41) is 0. The Morgan fingerprint density at radius 1 is 0.966 bits per heavy atom. The largest absolute Gasteiger partial charge is 0.378 e. The molecule has 2 heteroatoms. The fourth-order valence-corrected chi connectivity index (χ4v) is 4.72. The molecule has 0 aromatic heterocycles. The van der Waals surface area contributed by atoms with Crippen molar-refractivity contribution in [3.05, 3.63) is 77.9 Å². The molecule has 1 aliphatic carbocycles. The molecule has 150 valence electrons. The average Bonchev–Trinajstić information content (AvgIpc) is 3.32. The highest BCUT2D eigenvalue weighted by molar-refractivity contribution is 5.94. The Kier molecular flexibility index (Phi) is 5.56. The summed E-state index contributed by atoms with van der Waals surface area (Å²) in [5.74, 6) is 0.566. The van der Waals surface area contributed by atoms with Gasteiger partial charge in [0, 0.05) is 25.7 Å². The van der Waals surface area contributed by atoms with Crippen molar-refractivity contribution in [3.63, 3.8) is 0 Å². The quantitative estimate of drug-likeness (QED) is 0.516. The van der Waals surface area contributed by atoms with E-state index in [9.17, 15) is 0 Å². The molecule has 2 aromatic carbocycles. The van der Waals surface area contributed by atoms with Gasteiger partial charge in [-0.3, -0.25) is 0 Å². The van der Waals surface area contributed by atoms with Crippen molar-refractivity contribution in [3.8, 4) is 11.1 Å². The summed E-state index contributed by atoms with van der Waals surface area (Å²) >= 11 is 0. The Morgan fingerprint density at radius 3 is 2.34 bits per heavy atom. The van der Waals surface area contributed by atoms with E-state index in [-0.39, 0.29) is 5.41 Å². The normalized spacial score (nSPS) is 20.7. The van der Waals surface area contributed by atoms with Gasteiger partial charge in [0.15, 0.2) is 12.3 Å². The monoisotopic (exact) mass is 386 g/mol. The van der Waals surface area contributed by atoms with E-state index in [1.54, 1.807) is 7.11 Å². The third-order valence-electron chi connectivity index (χ3n) is 6.79. The number of benzene rings is 2. The van der Waals surface area contributed by atoms with Gasteiger partial charge >= 0.3 is 0 Å². The number of nitrogens with zero attached hydrogens (tertiary/aromatic N) is 1. The van der Waals surface area contributed by atoms with Gasteiger partial charge in [-0.15, -0.1) is 0 Å². The van der Waals surface area contributed by atoms with Crippen LogP contribution in [0.25, 0.3) is 11.1 Å². The van der Waals surface area contributed by atoms with Gasteiger partial charge in [-0.05, 0) is 55.9 Å². The van der Waals surface area contributed by atoms with Crippen molar-refractivity contribution in [2.45, 2.75) is 39.0 Å². The van der Waals surface area contributed by atoms with Crippen molar-refractivity contribution in [1.29, 1.82) is 0 Å². The molecule has 4 rings (SSSR count). The highest BCUT2D eigenvalue weighted by Gasteiger charge is 2.46. The van der Waals surface area contributed by atoms with Crippen molar-refractivity contribution in [1.82, 2.24) is 0 Å². The molecule has 2 aliphatic rings. The number of rotatable bonds is 7. The van der Waals surface area contributed by atoms with E-state index in [0.717, 1.165) is 19.6 Å². The number of hydrogen-bond donors (Lipinski definition) is 0. The van der Waals surface area contributed by atoms with Gasteiger partial charge in [-0.2, -0.15) is 4.58 Å². The minimum absolute atomic E-state index is 0.0497. The lowest BCUT2D eigenvalue weighted by molar-refractivity contribution is -0.442. The van der Waals surface area contributed by atoms with Crippen LogP contribution in [0.2, 0.25) is 0 Å². The molecule has 1 atom stereocenters. The first-order chi connectivity index (χ1) is 14.0. The maximum atomic E-state index is 5.41. The Hall–Kier alpha value is -2.45.